The summed E-state index contributed by atoms with van der Waals surface area (Å²) in [6.45, 7) is 3.70. The highest BCUT2D eigenvalue weighted by Crippen LogP contribution is 2.30. The molecule has 2 aromatic rings. The van der Waals surface area contributed by atoms with Crippen LogP contribution in [-0.2, 0) is 9.84 Å². The minimum Gasteiger partial charge on any atom is -0.336 e. The Kier molecular flexibility index (Phi) is 5.79. The number of hydrogen-bond acceptors (Lipinski definition) is 4. The van der Waals surface area contributed by atoms with Gasteiger partial charge in [0.2, 0.25) is 0 Å². The molecule has 0 spiro atoms. The molecule has 2 rings (SSSR count). The van der Waals surface area contributed by atoms with Crippen LogP contribution in [0.15, 0.2) is 52.1 Å². The Hall–Kier alpha value is -1.86. The molecule has 0 aliphatic carbocycles. The molecule has 1 aromatic carbocycles. The molecule has 7 heteroatoms. The molecule has 2 amide bonds. The van der Waals surface area contributed by atoms with E-state index in [1.165, 1.54) is 11.3 Å². The second-order valence-corrected chi connectivity index (χ2v) is 8.69. The highest BCUT2D eigenvalue weighted by Gasteiger charge is 2.30. The first-order valence-corrected chi connectivity index (χ1v) is 9.70. The Bertz CT molecular complexity index is 726. The molecule has 1 aromatic heterocycles. The van der Waals surface area contributed by atoms with Crippen molar-refractivity contribution in [3.05, 3.63) is 53.4 Å². The number of amides is 2. The van der Waals surface area contributed by atoms with Gasteiger partial charge < -0.3 is 10.6 Å². The van der Waals surface area contributed by atoms with Crippen molar-refractivity contribution in [3.63, 3.8) is 0 Å². The fourth-order valence-corrected chi connectivity index (χ4v) is 5.01. The average Bonchev–Trinajstić information content (AvgIpc) is 3.02. The van der Waals surface area contributed by atoms with E-state index in [1.54, 1.807) is 41.8 Å². The molecule has 0 bridgehead atoms. The van der Waals surface area contributed by atoms with E-state index in [1.807, 2.05) is 19.9 Å². The van der Waals surface area contributed by atoms with E-state index >= 15 is 0 Å². The number of nitrogens with one attached hydrogen (secondary N) is 2. The highest BCUT2D eigenvalue weighted by molar-refractivity contribution is 7.93. The summed E-state index contributed by atoms with van der Waals surface area (Å²) in [6.07, 6.45) is 0. The number of carbonyl (C=O) groups is 1. The highest BCUT2D eigenvalue weighted by atomic mass is 32.2. The minimum atomic E-state index is -3.56. The summed E-state index contributed by atoms with van der Waals surface area (Å²) >= 11 is 1.18. The van der Waals surface area contributed by atoms with Gasteiger partial charge in [0.05, 0.1) is 0 Å². The molecule has 1 heterocycles. The summed E-state index contributed by atoms with van der Waals surface area (Å²) in [5.74, 6) is 0. The Morgan fingerprint density at radius 2 is 1.83 bits per heavy atom. The van der Waals surface area contributed by atoms with Crippen LogP contribution >= 0.6 is 11.3 Å². The Labute approximate surface area is 140 Å². The number of thiophene rings is 1. The van der Waals surface area contributed by atoms with Gasteiger partial charge in [-0.2, -0.15) is 0 Å². The third-order valence-electron chi connectivity index (χ3n) is 3.19. The first kappa shape index (κ1) is 17.5. The summed E-state index contributed by atoms with van der Waals surface area (Å²) in [4.78, 5) is 11.8. The van der Waals surface area contributed by atoms with Crippen molar-refractivity contribution in [2.45, 2.75) is 29.3 Å². The molecular weight excluding hydrogens is 332 g/mol. The van der Waals surface area contributed by atoms with E-state index in [2.05, 4.69) is 10.6 Å². The van der Waals surface area contributed by atoms with E-state index in [9.17, 15) is 13.2 Å². The number of carbonyl (C=O) groups excluding carboxylic acids is 1. The fraction of sp³-hybridized carbons (Fsp3) is 0.312. The molecule has 23 heavy (non-hydrogen) atoms. The van der Waals surface area contributed by atoms with Crippen LogP contribution in [0.4, 0.5) is 4.79 Å². The second kappa shape index (κ2) is 7.61. The topological polar surface area (TPSA) is 75.3 Å². The van der Waals surface area contributed by atoms with Crippen LogP contribution in [-0.4, -0.2) is 27.0 Å². The molecule has 1 unspecified atom stereocenters. The number of rotatable bonds is 6. The van der Waals surface area contributed by atoms with E-state index in [0.717, 1.165) is 0 Å². The molecule has 0 aliphatic heterocycles. The lowest BCUT2D eigenvalue weighted by Gasteiger charge is -2.19. The summed E-state index contributed by atoms with van der Waals surface area (Å²) in [6, 6.07) is 11.8. The first-order chi connectivity index (χ1) is 10.9. The van der Waals surface area contributed by atoms with Gasteiger partial charge in [0.1, 0.15) is 9.46 Å². The fourth-order valence-electron chi connectivity index (χ4n) is 2.14. The van der Waals surface area contributed by atoms with E-state index in [0.29, 0.717) is 9.77 Å². The van der Waals surface area contributed by atoms with Crippen molar-refractivity contribution in [1.29, 1.82) is 0 Å². The lowest BCUT2D eigenvalue weighted by Crippen LogP contribution is -2.42. The van der Waals surface area contributed by atoms with Crippen molar-refractivity contribution in [1.82, 2.24) is 10.6 Å². The van der Waals surface area contributed by atoms with Crippen molar-refractivity contribution in [2.75, 3.05) is 6.54 Å². The van der Waals surface area contributed by atoms with Crippen LogP contribution in [0.25, 0.3) is 0 Å². The van der Waals surface area contributed by atoms with Gasteiger partial charge >= 0.3 is 6.03 Å². The molecule has 0 fully saturated rings. The van der Waals surface area contributed by atoms with Gasteiger partial charge in [0.25, 0.3) is 0 Å². The second-order valence-electron chi connectivity index (χ2n) is 5.39. The van der Waals surface area contributed by atoms with Crippen LogP contribution in [0, 0.1) is 0 Å². The number of hydrogen-bond donors (Lipinski definition) is 2. The maximum Gasteiger partial charge on any atom is 0.315 e. The number of benzene rings is 1. The van der Waals surface area contributed by atoms with Gasteiger partial charge in [-0.15, -0.1) is 11.3 Å². The molecule has 0 aliphatic rings. The molecule has 1 atom stereocenters. The van der Waals surface area contributed by atoms with Crippen LogP contribution in [0.2, 0.25) is 0 Å². The number of urea groups is 1. The molecule has 0 saturated heterocycles. The zero-order chi connectivity index (χ0) is 16.9. The Balaban J connectivity index is 2.25. The summed E-state index contributed by atoms with van der Waals surface area (Å²) in [7, 11) is -3.56. The molecular formula is C16H20N2O3S2. The van der Waals surface area contributed by atoms with Crippen molar-refractivity contribution >= 4 is 27.2 Å². The largest absolute Gasteiger partial charge is 0.336 e. The molecule has 0 saturated carbocycles. The van der Waals surface area contributed by atoms with E-state index in [4.69, 9.17) is 0 Å². The lowest BCUT2D eigenvalue weighted by atomic mass is 10.1. The molecule has 2 N–H and O–H groups in total. The Morgan fingerprint density at radius 3 is 2.39 bits per heavy atom. The van der Waals surface area contributed by atoms with E-state index < -0.39 is 15.1 Å². The third kappa shape index (κ3) is 4.56. The standard InChI is InChI=1S/C16H20N2O3S2/c1-12(2)18-16(19)17-11-14(13-7-4-3-5-8-13)23(20,21)15-9-6-10-22-15/h3-10,12,14H,11H2,1-2H3,(H2,17,18,19). The lowest BCUT2D eigenvalue weighted by molar-refractivity contribution is 0.238. The van der Waals surface area contributed by atoms with Crippen molar-refractivity contribution < 1.29 is 13.2 Å². The maximum atomic E-state index is 12.9. The van der Waals surface area contributed by atoms with Gasteiger partial charge in [-0.1, -0.05) is 36.4 Å². The van der Waals surface area contributed by atoms with Crippen molar-refractivity contribution in [2.24, 2.45) is 0 Å². The monoisotopic (exact) mass is 352 g/mol. The summed E-state index contributed by atoms with van der Waals surface area (Å²) in [5.41, 5.74) is 0.658. The quantitative estimate of drug-likeness (QED) is 0.839. The summed E-state index contributed by atoms with van der Waals surface area (Å²) < 4.78 is 26.0. The van der Waals surface area contributed by atoms with Crippen molar-refractivity contribution in [3.8, 4) is 0 Å². The zero-order valence-electron chi connectivity index (χ0n) is 13.0. The Morgan fingerprint density at radius 1 is 1.13 bits per heavy atom. The van der Waals surface area contributed by atoms with Gasteiger partial charge in [-0.3, -0.25) is 0 Å². The van der Waals surface area contributed by atoms with Gasteiger partial charge in [-0.25, -0.2) is 13.2 Å². The molecule has 5 nitrogen and oxygen atoms in total. The SMILES string of the molecule is CC(C)NC(=O)NCC(c1ccccc1)S(=O)(=O)c1cccs1. The minimum absolute atomic E-state index is 0.0147. The third-order valence-corrected chi connectivity index (χ3v) is 6.72. The van der Waals surface area contributed by atoms with Gasteiger partial charge in [-0.05, 0) is 30.9 Å². The summed E-state index contributed by atoms with van der Waals surface area (Å²) in [5, 5.41) is 6.26. The zero-order valence-corrected chi connectivity index (χ0v) is 14.7. The van der Waals surface area contributed by atoms with Gasteiger partial charge in [0, 0.05) is 12.6 Å². The van der Waals surface area contributed by atoms with Crippen LogP contribution < -0.4 is 10.6 Å². The smallest absolute Gasteiger partial charge is 0.315 e. The molecule has 0 radical (unpaired) electrons. The predicted octanol–water partition coefficient (Wildman–Crippen LogP) is 2.97. The van der Waals surface area contributed by atoms with Crippen LogP contribution in [0.1, 0.15) is 24.7 Å². The first-order valence-electron chi connectivity index (χ1n) is 7.28. The van der Waals surface area contributed by atoms with Crippen LogP contribution in [0.3, 0.4) is 0 Å². The maximum absolute atomic E-state index is 12.9. The van der Waals surface area contributed by atoms with Crippen LogP contribution in [0.5, 0.6) is 0 Å². The number of sulfone groups is 1. The predicted molar refractivity (Wildman–Crippen MR) is 92.4 cm³/mol. The normalized spacial score (nSPS) is 12.8. The average molecular weight is 352 g/mol. The van der Waals surface area contributed by atoms with Gasteiger partial charge in [0.15, 0.2) is 9.84 Å². The van der Waals surface area contributed by atoms with E-state index in [-0.39, 0.29) is 18.6 Å². The molecule has 124 valence electrons.